The van der Waals surface area contributed by atoms with Crippen LogP contribution in [-0.2, 0) is 4.74 Å². The summed E-state index contributed by atoms with van der Waals surface area (Å²) < 4.78 is 4.77. The van der Waals surface area contributed by atoms with Gasteiger partial charge in [0.1, 0.15) is 0 Å². The predicted molar refractivity (Wildman–Crippen MR) is 59.8 cm³/mol. The summed E-state index contributed by atoms with van der Waals surface area (Å²) in [7, 11) is 0. The molecule has 0 aromatic heterocycles. The highest BCUT2D eigenvalue weighted by Crippen LogP contribution is 2.55. The molecular formula is C12H21NO3. The minimum atomic E-state index is -0.526. The van der Waals surface area contributed by atoms with E-state index in [9.17, 15) is 4.79 Å². The van der Waals surface area contributed by atoms with Gasteiger partial charge < -0.3 is 9.84 Å². The number of ether oxygens (including phenoxy) is 1. The molecule has 0 radical (unpaired) electrons. The molecule has 2 aliphatic rings. The quantitative estimate of drug-likeness (QED) is 0.698. The maximum absolute atomic E-state index is 11.9. The topological polar surface area (TPSA) is 49.8 Å². The van der Waals surface area contributed by atoms with Gasteiger partial charge in [-0.2, -0.15) is 0 Å². The zero-order valence-electron chi connectivity index (χ0n) is 10.3. The lowest BCUT2D eigenvalue weighted by molar-refractivity contribution is -0.0119. The first-order chi connectivity index (χ1) is 7.42. The number of nitrogens with zero attached hydrogens (tertiary/aromatic N) is 1. The third-order valence-corrected chi connectivity index (χ3v) is 4.39. The Morgan fingerprint density at radius 1 is 1.44 bits per heavy atom. The second-order valence-corrected chi connectivity index (χ2v) is 5.92. The van der Waals surface area contributed by atoms with E-state index in [2.05, 4.69) is 20.8 Å². The fourth-order valence-electron chi connectivity index (χ4n) is 3.49. The van der Waals surface area contributed by atoms with Crippen molar-refractivity contribution >= 4 is 6.09 Å². The van der Waals surface area contributed by atoms with Gasteiger partial charge in [0, 0.05) is 6.04 Å². The molecule has 0 atom stereocenters. The Kier molecular flexibility index (Phi) is 2.65. The van der Waals surface area contributed by atoms with Crippen LogP contribution >= 0.6 is 0 Å². The van der Waals surface area contributed by atoms with Crippen molar-refractivity contribution in [2.45, 2.75) is 58.0 Å². The highest BCUT2D eigenvalue weighted by Gasteiger charge is 2.59. The molecule has 0 aliphatic carbocycles. The Labute approximate surface area is 96.6 Å². The summed E-state index contributed by atoms with van der Waals surface area (Å²) in [6.07, 6.45) is 3.90. The fourth-order valence-corrected chi connectivity index (χ4v) is 3.49. The zero-order valence-corrected chi connectivity index (χ0v) is 10.3. The van der Waals surface area contributed by atoms with Gasteiger partial charge in [-0.25, -0.2) is 4.79 Å². The number of aliphatic hydroxyl groups excluding tert-OH is 1. The lowest BCUT2D eigenvalue weighted by atomic mass is 9.69. The van der Waals surface area contributed by atoms with Crippen LogP contribution in [0.1, 0.15) is 46.5 Å². The molecule has 1 amide bonds. The van der Waals surface area contributed by atoms with Gasteiger partial charge in [0.25, 0.3) is 0 Å². The molecule has 2 rings (SSSR count). The maximum Gasteiger partial charge on any atom is 0.412 e. The summed E-state index contributed by atoms with van der Waals surface area (Å²) in [5, 5.41) is 8.71. The van der Waals surface area contributed by atoms with E-state index in [1.807, 2.05) is 4.90 Å². The first-order valence-corrected chi connectivity index (χ1v) is 5.99. The van der Waals surface area contributed by atoms with Gasteiger partial charge in [-0.1, -0.05) is 20.8 Å². The Morgan fingerprint density at radius 2 is 2.00 bits per heavy atom. The van der Waals surface area contributed by atoms with Gasteiger partial charge in [0.15, 0.2) is 6.79 Å². The average molecular weight is 227 g/mol. The van der Waals surface area contributed by atoms with Crippen LogP contribution in [-0.4, -0.2) is 34.5 Å². The number of aliphatic hydroxyl groups is 1. The number of rotatable bonds is 1. The lowest BCUT2D eigenvalue weighted by Crippen LogP contribution is -2.53. The molecule has 0 aromatic carbocycles. The van der Waals surface area contributed by atoms with Crippen molar-refractivity contribution in [1.82, 2.24) is 4.90 Å². The third kappa shape index (κ3) is 1.43. The average Bonchev–Trinajstić information content (AvgIpc) is 2.72. The highest BCUT2D eigenvalue weighted by atomic mass is 16.6. The number of fused-ring (bicyclic) bond motifs is 2. The molecule has 4 heteroatoms. The van der Waals surface area contributed by atoms with E-state index in [1.165, 1.54) is 0 Å². The maximum atomic E-state index is 11.9. The fraction of sp³-hybridized carbons (Fsp3) is 0.917. The molecule has 4 nitrogen and oxygen atoms in total. The van der Waals surface area contributed by atoms with Gasteiger partial charge in [0.2, 0.25) is 0 Å². The largest absolute Gasteiger partial charge is 0.422 e. The highest BCUT2D eigenvalue weighted by molar-refractivity contribution is 5.70. The Balaban J connectivity index is 2.27. The van der Waals surface area contributed by atoms with Crippen molar-refractivity contribution in [2.75, 3.05) is 6.79 Å². The molecule has 2 fully saturated rings. The van der Waals surface area contributed by atoms with Crippen LogP contribution < -0.4 is 0 Å². The molecule has 0 spiro atoms. The minimum absolute atomic E-state index is 0.0622. The number of amides is 1. The van der Waals surface area contributed by atoms with Gasteiger partial charge in [-0.05, 0) is 31.1 Å². The van der Waals surface area contributed by atoms with Crippen molar-refractivity contribution in [3.8, 4) is 0 Å². The molecule has 92 valence electrons. The number of hydrogen-bond acceptors (Lipinski definition) is 3. The van der Waals surface area contributed by atoms with E-state index >= 15 is 0 Å². The van der Waals surface area contributed by atoms with E-state index in [0.29, 0.717) is 6.04 Å². The van der Waals surface area contributed by atoms with Crippen LogP contribution in [0.15, 0.2) is 0 Å². The summed E-state index contributed by atoms with van der Waals surface area (Å²) in [6, 6.07) is 0.318. The van der Waals surface area contributed by atoms with E-state index in [-0.39, 0.29) is 17.0 Å². The molecule has 1 N–H and O–H groups in total. The molecule has 0 aromatic rings. The summed E-state index contributed by atoms with van der Waals surface area (Å²) >= 11 is 0. The van der Waals surface area contributed by atoms with Gasteiger partial charge in [-0.3, -0.25) is 4.90 Å². The first-order valence-electron chi connectivity index (χ1n) is 5.99. The summed E-state index contributed by atoms with van der Waals surface area (Å²) in [4.78, 5) is 13.8. The number of carbonyl (C=O) groups excluding carboxylic acids is 1. The van der Waals surface area contributed by atoms with Crippen molar-refractivity contribution in [2.24, 2.45) is 5.41 Å². The zero-order chi connectivity index (χ0) is 12.0. The van der Waals surface area contributed by atoms with E-state index < -0.39 is 6.79 Å². The SMILES string of the molecule is CC(C)(C)C12CCC(CC1)N2C(=O)OCO. The van der Waals surface area contributed by atoms with Crippen LogP contribution in [0.4, 0.5) is 4.79 Å². The molecule has 16 heavy (non-hydrogen) atoms. The second-order valence-electron chi connectivity index (χ2n) is 5.92. The number of hydrogen-bond donors (Lipinski definition) is 1. The van der Waals surface area contributed by atoms with Gasteiger partial charge in [0.05, 0.1) is 5.54 Å². The summed E-state index contributed by atoms with van der Waals surface area (Å²) in [5.74, 6) is 0. The van der Waals surface area contributed by atoms with Crippen molar-refractivity contribution in [3.05, 3.63) is 0 Å². The van der Waals surface area contributed by atoms with Gasteiger partial charge in [-0.15, -0.1) is 0 Å². The monoisotopic (exact) mass is 227 g/mol. The van der Waals surface area contributed by atoms with Crippen molar-refractivity contribution in [3.63, 3.8) is 0 Å². The van der Waals surface area contributed by atoms with Crippen molar-refractivity contribution < 1.29 is 14.6 Å². The normalized spacial score (nSPS) is 33.2. The van der Waals surface area contributed by atoms with Crippen LogP contribution in [0, 0.1) is 5.41 Å². The smallest absolute Gasteiger partial charge is 0.412 e. The third-order valence-electron chi connectivity index (χ3n) is 4.39. The second kappa shape index (κ2) is 3.62. The molecule has 2 bridgehead atoms. The lowest BCUT2D eigenvalue weighted by Gasteiger charge is -2.45. The predicted octanol–water partition coefficient (Wildman–Crippen LogP) is 2.12. The molecule has 2 heterocycles. The van der Waals surface area contributed by atoms with E-state index in [0.717, 1.165) is 25.7 Å². The Morgan fingerprint density at radius 3 is 2.44 bits per heavy atom. The van der Waals surface area contributed by atoms with Crippen LogP contribution in [0.25, 0.3) is 0 Å². The standard InChI is InChI=1S/C12H21NO3/c1-11(2,3)12-6-4-9(5-7-12)13(12)10(15)16-8-14/h9,14H,4-8H2,1-3H3. The first kappa shape index (κ1) is 11.7. The molecular weight excluding hydrogens is 206 g/mol. The molecule has 0 unspecified atom stereocenters. The van der Waals surface area contributed by atoms with E-state index in [4.69, 9.17) is 9.84 Å². The molecule has 2 aliphatic heterocycles. The van der Waals surface area contributed by atoms with Crippen molar-refractivity contribution in [1.29, 1.82) is 0 Å². The Hall–Kier alpha value is -0.770. The van der Waals surface area contributed by atoms with Crippen LogP contribution in [0.2, 0.25) is 0 Å². The minimum Gasteiger partial charge on any atom is -0.422 e. The number of carbonyl (C=O) groups is 1. The van der Waals surface area contributed by atoms with Crippen LogP contribution in [0.3, 0.4) is 0 Å². The molecule has 0 saturated carbocycles. The van der Waals surface area contributed by atoms with Crippen LogP contribution in [0.5, 0.6) is 0 Å². The van der Waals surface area contributed by atoms with E-state index in [1.54, 1.807) is 0 Å². The summed E-state index contributed by atoms with van der Waals surface area (Å²) in [6.45, 7) is 6.02. The molecule has 2 saturated heterocycles. The summed E-state index contributed by atoms with van der Waals surface area (Å²) in [5.41, 5.74) is -0.00333. The van der Waals surface area contributed by atoms with Gasteiger partial charge >= 0.3 is 6.09 Å². The Bertz CT molecular complexity index is 287.